The third kappa shape index (κ3) is 3.05. The highest BCUT2D eigenvalue weighted by atomic mass is 19.4. The van der Waals surface area contributed by atoms with Crippen LogP contribution >= 0.6 is 0 Å². The second-order valence-electron chi connectivity index (χ2n) is 6.64. The van der Waals surface area contributed by atoms with Gasteiger partial charge in [0.25, 0.3) is 0 Å². The molecule has 4 rings (SSSR count). The van der Waals surface area contributed by atoms with Crippen molar-refractivity contribution in [1.29, 1.82) is 0 Å². The van der Waals surface area contributed by atoms with Crippen LogP contribution < -0.4 is 11.5 Å². The molecule has 0 saturated heterocycles. The van der Waals surface area contributed by atoms with Crippen LogP contribution in [0.5, 0.6) is 0 Å². The maximum absolute atomic E-state index is 13.3. The first-order chi connectivity index (χ1) is 13.2. The third-order valence-electron chi connectivity index (χ3n) is 4.60. The second kappa shape index (κ2) is 6.30. The number of hydrogen-bond donors (Lipinski definition) is 2. The van der Waals surface area contributed by atoms with E-state index in [4.69, 9.17) is 11.5 Å². The Morgan fingerprint density at radius 2 is 1.61 bits per heavy atom. The zero-order valence-corrected chi connectivity index (χ0v) is 15.0. The number of anilines is 2. The maximum atomic E-state index is 13.3. The molecule has 1 aromatic heterocycles. The largest absolute Gasteiger partial charge is 0.416 e. The number of fused-ring (bicyclic) bond motifs is 1. The summed E-state index contributed by atoms with van der Waals surface area (Å²) in [6.45, 7) is 1.88. The quantitative estimate of drug-likeness (QED) is 0.469. The van der Waals surface area contributed by atoms with Gasteiger partial charge in [0.15, 0.2) is 0 Å². The summed E-state index contributed by atoms with van der Waals surface area (Å²) in [7, 11) is 0. The summed E-state index contributed by atoms with van der Waals surface area (Å²) >= 11 is 0. The second-order valence-corrected chi connectivity index (χ2v) is 6.64. The molecule has 0 spiro atoms. The number of rotatable bonds is 2. The van der Waals surface area contributed by atoms with Crippen LogP contribution in [0.2, 0.25) is 0 Å². The smallest absolute Gasteiger partial charge is 0.399 e. The van der Waals surface area contributed by atoms with Crippen molar-refractivity contribution in [1.82, 2.24) is 9.55 Å². The van der Waals surface area contributed by atoms with Crippen molar-refractivity contribution in [2.24, 2.45) is 0 Å². The van der Waals surface area contributed by atoms with Crippen LogP contribution in [0, 0.1) is 6.92 Å². The van der Waals surface area contributed by atoms with Crippen LogP contribution in [0.1, 0.15) is 11.1 Å². The Labute approximate surface area is 159 Å². The van der Waals surface area contributed by atoms with Crippen LogP contribution in [0.4, 0.5) is 24.5 Å². The molecule has 4 aromatic rings. The highest BCUT2D eigenvalue weighted by Gasteiger charge is 2.31. The molecule has 4 nitrogen and oxygen atoms in total. The molecular formula is C21H17F3N4. The van der Waals surface area contributed by atoms with Gasteiger partial charge in [-0.15, -0.1) is 0 Å². The fourth-order valence-electron chi connectivity index (χ4n) is 3.30. The van der Waals surface area contributed by atoms with Gasteiger partial charge in [0.1, 0.15) is 5.82 Å². The number of imidazole rings is 1. The first-order valence-corrected chi connectivity index (χ1v) is 8.56. The van der Waals surface area contributed by atoms with Crippen molar-refractivity contribution >= 4 is 22.4 Å². The molecule has 4 N–H and O–H groups in total. The topological polar surface area (TPSA) is 69.9 Å². The van der Waals surface area contributed by atoms with E-state index in [1.807, 2.05) is 13.0 Å². The Balaban J connectivity index is 2.04. The lowest BCUT2D eigenvalue weighted by atomic mass is 10.1. The molecule has 0 atom stereocenters. The number of aromatic nitrogens is 2. The van der Waals surface area contributed by atoms with E-state index in [0.29, 0.717) is 33.9 Å². The molecule has 3 aromatic carbocycles. The standard InChI is InChI=1S/C21H17F3N4/c1-12-9-14(25)5-7-17(12)20-27-18-11-15(26)6-8-19(18)28(20)16-4-2-3-13(10-16)21(22,23)24/h2-11H,25-26H2,1H3. The van der Waals surface area contributed by atoms with E-state index < -0.39 is 11.7 Å². The first-order valence-electron chi connectivity index (χ1n) is 8.56. The van der Waals surface area contributed by atoms with Crippen LogP contribution in [-0.4, -0.2) is 9.55 Å². The fraction of sp³-hybridized carbons (Fsp3) is 0.0952. The molecule has 142 valence electrons. The van der Waals surface area contributed by atoms with Gasteiger partial charge in [-0.3, -0.25) is 4.57 Å². The zero-order chi connectivity index (χ0) is 20.1. The Morgan fingerprint density at radius 3 is 2.32 bits per heavy atom. The van der Waals surface area contributed by atoms with E-state index >= 15 is 0 Å². The van der Waals surface area contributed by atoms with Crippen LogP contribution in [-0.2, 0) is 6.18 Å². The van der Waals surface area contributed by atoms with Gasteiger partial charge in [0.05, 0.1) is 16.6 Å². The van der Waals surface area contributed by atoms with Crippen molar-refractivity contribution in [3.8, 4) is 17.1 Å². The Hall–Kier alpha value is -3.48. The van der Waals surface area contributed by atoms with Crippen molar-refractivity contribution < 1.29 is 13.2 Å². The van der Waals surface area contributed by atoms with Gasteiger partial charge < -0.3 is 11.5 Å². The molecule has 0 aliphatic carbocycles. The summed E-state index contributed by atoms with van der Waals surface area (Å²) in [5.41, 5.74) is 15.4. The number of aryl methyl sites for hydroxylation is 1. The van der Waals surface area contributed by atoms with E-state index in [9.17, 15) is 13.2 Å². The molecule has 0 fully saturated rings. The molecule has 1 heterocycles. The number of hydrogen-bond acceptors (Lipinski definition) is 3. The SMILES string of the molecule is Cc1cc(N)ccc1-c1nc2cc(N)ccc2n1-c1cccc(C(F)(F)F)c1. The summed E-state index contributed by atoms with van der Waals surface area (Å²) in [6, 6.07) is 15.7. The predicted molar refractivity (Wildman–Crippen MR) is 105 cm³/mol. The zero-order valence-electron chi connectivity index (χ0n) is 15.0. The highest BCUT2D eigenvalue weighted by Crippen LogP contribution is 2.35. The summed E-state index contributed by atoms with van der Waals surface area (Å²) in [4.78, 5) is 4.66. The molecular weight excluding hydrogens is 365 g/mol. The Morgan fingerprint density at radius 1 is 0.893 bits per heavy atom. The van der Waals surface area contributed by atoms with Gasteiger partial charge in [0, 0.05) is 22.6 Å². The molecule has 0 radical (unpaired) electrons. The van der Waals surface area contributed by atoms with Crippen molar-refractivity contribution in [2.75, 3.05) is 11.5 Å². The molecule has 0 amide bonds. The van der Waals surface area contributed by atoms with E-state index in [2.05, 4.69) is 4.98 Å². The van der Waals surface area contributed by atoms with Gasteiger partial charge in [-0.25, -0.2) is 4.98 Å². The summed E-state index contributed by atoms with van der Waals surface area (Å²) in [6.07, 6.45) is -4.44. The minimum absolute atomic E-state index is 0.369. The highest BCUT2D eigenvalue weighted by molar-refractivity contribution is 5.86. The van der Waals surface area contributed by atoms with Crippen LogP contribution in [0.25, 0.3) is 28.1 Å². The number of nitrogens with zero attached hydrogens (tertiary/aromatic N) is 2. The van der Waals surface area contributed by atoms with Crippen molar-refractivity contribution in [3.63, 3.8) is 0 Å². The molecule has 7 heteroatoms. The lowest BCUT2D eigenvalue weighted by Crippen LogP contribution is -2.07. The fourth-order valence-corrected chi connectivity index (χ4v) is 3.30. The van der Waals surface area contributed by atoms with Crippen molar-refractivity contribution in [2.45, 2.75) is 13.1 Å². The molecule has 0 aliphatic rings. The van der Waals surface area contributed by atoms with Gasteiger partial charge in [-0.2, -0.15) is 13.2 Å². The molecule has 0 saturated carbocycles. The molecule has 0 unspecified atom stereocenters. The van der Waals surface area contributed by atoms with E-state index in [1.54, 1.807) is 41.0 Å². The number of halogens is 3. The summed E-state index contributed by atoms with van der Waals surface area (Å²) in [5.74, 6) is 0.525. The van der Waals surface area contributed by atoms with Gasteiger partial charge in [0.2, 0.25) is 0 Å². The van der Waals surface area contributed by atoms with Crippen LogP contribution in [0.3, 0.4) is 0 Å². The van der Waals surface area contributed by atoms with E-state index in [0.717, 1.165) is 23.3 Å². The lowest BCUT2D eigenvalue weighted by molar-refractivity contribution is -0.137. The number of nitrogen functional groups attached to an aromatic ring is 2. The van der Waals surface area contributed by atoms with Gasteiger partial charge >= 0.3 is 6.18 Å². The Bertz CT molecular complexity index is 1190. The average Bonchev–Trinajstić information content (AvgIpc) is 2.99. The summed E-state index contributed by atoms with van der Waals surface area (Å²) < 4.78 is 41.5. The minimum Gasteiger partial charge on any atom is -0.399 e. The Kier molecular flexibility index (Phi) is 4.03. The minimum atomic E-state index is -4.44. The predicted octanol–water partition coefficient (Wildman–Crippen LogP) is 5.18. The maximum Gasteiger partial charge on any atom is 0.416 e. The number of nitrogens with two attached hydrogens (primary N) is 2. The van der Waals surface area contributed by atoms with Gasteiger partial charge in [-0.1, -0.05) is 6.07 Å². The van der Waals surface area contributed by atoms with E-state index in [1.165, 1.54) is 6.07 Å². The third-order valence-corrected chi connectivity index (χ3v) is 4.60. The number of alkyl halides is 3. The van der Waals surface area contributed by atoms with Crippen molar-refractivity contribution in [3.05, 3.63) is 71.8 Å². The monoisotopic (exact) mass is 382 g/mol. The first kappa shape index (κ1) is 17.9. The lowest BCUT2D eigenvalue weighted by Gasteiger charge is -2.14. The number of benzene rings is 3. The molecule has 0 bridgehead atoms. The van der Waals surface area contributed by atoms with E-state index in [-0.39, 0.29) is 0 Å². The normalized spacial score (nSPS) is 11.9. The van der Waals surface area contributed by atoms with Crippen LogP contribution in [0.15, 0.2) is 60.7 Å². The molecule has 0 aliphatic heterocycles. The van der Waals surface area contributed by atoms with Gasteiger partial charge in [-0.05, 0) is 67.1 Å². The summed E-state index contributed by atoms with van der Waals surface area (Å²) in [5, 5.41) is 0. The average molecular weight is 382 g/mol. The molecule has 28 heavy (non-hydrogen) atoms.